The second-order valence-corrected chi connectivity index (χ2v) is 10.6. The van der Waals surface area contributed by atoms with Crippen molar-refractivity contribution in [2.75, 3.05) is 11.9 Å². The summed E-state index contributed by atoms with van der Waals surface area (Å²) in [6.07, 6.45) is 1.59. The number of nitrogens with one attached hydrogen (secondary N) is 2. The lowest BCUT2D eigenvalue weighted by Crippen LogP contribution is -2.51. The van der Waals surface area contributed by atoms with E-state index in [4.69, 9.17) is 0 Å². The van der Waals surface area contributed by atoms with Crippen LogP contribution in [0.15, 0.2) is 83.9 Å². The van der Waals surface area contributed by atoms with Gasteiger partial charge >= 0.3 is 6.03 Å². The van der Waals surface area contributed by atoms with E-state index in [1.54, 1.807) is 49.5 Å². The Labute approximate surface area is 227 Å². The second kappa shape index (κ2) is 11.6. The van der Waals surface area contributed by atoms with Crippen LogP contribution in [0, 0.1) is 18.6 Å². The monoisotopic (exact) mass is 556 g/mol. The number of amides is 3. The fourth-order valence-electron chi connectivity index (χ4n) is 4.17. The molecule has 0 spiro atoms. The minimum absolute atomic E-state index is 0. The summed E-state index contributed by atoms with van der Waals surface area (Å²) in [7, 11) is -2.73. The first kappa shape index (κ1) is 27.6. The molecule has 3 amide bonds. The summed E-state index contributed by atoms with van der Waals surface area (Å²) in [6.45, 7) is 1.59. The van der Waals surface area contributed by atoms with Crippen LogP contribution in [0.4, 0.5) is 19.3 Å². The average Bonchev–Trinajstić information content (AvgIpc) is 2.89. The number of benzene rings is 3. The van der Waals surface area contributed by atoms with Gasteiger partial charge in [0.25, 0.3) is 10.0 Å². The summed E-state index contributed by atoms with van der Waals surface area (Å²) in [6, 6.07) is 15.6. The number of carbonyl (C=O) groups excluding carboxylic acids is 2. The quantitative estimate of drug-likeness (QED) is 0.319. The summed E-state index contributed by atoms with van der Waals surface area (Å²) in [5.41, 5.74) is 1.85. The van der Waals surface area contributed by atoms with Gasteiger partial charge < -0.3 is 10.2 Å². The van der Waals surface area contributed by atoms with E-state index in [2.05, 4.69) is 10.3 Å². The summed E-state index contributed by atoms with van der Waals surface area (Å²) < 4.78 is 54.9. The number of aryl methyl sites for hydroxylation is 2. The molecule has 2 N–H and O–H groups in total. The first-order valence-electron chi connectivity index (χ1n) is 12.0. The van der Waals surface area contributed by atoms with Crippen molar-refractivity contribution < 1.29 is 29.6 Å². The number of fused-ring (bicyclic) bond motifs is 1. The van der Waals surface area contributed by atoms with Crippen molar-refractivity contribution >= 4 is 38.6 Å². The number of rotatable bonds is 8. The normalized spacial score (nSPS) is 12.1. The predicted molar refractivity (Wildman–Crippen MR) is 148 cm³/mol. The van der Waals surface area contributed by atoms with Gasteiger partial charge in [-0.3, -0.25) is 9.78 Å². The van der Waals surface area contributed by atoms with Crippen LogP contribution in [0.3, 0.4) is 0 Å². The van der Waals surface area contributed by atoms with Gasteiger partial charge in [-0.2, -0.15) is 0 Å². The van der Waals surface area contributed by atoms with E-state index in [0.717, 1.165) is 23.6 Å². The fraction of sp³-hybridized carbons (Fsp3) is 0.179. The number of aromatic nitrogens is 1. The van der Waals surface area contributed by atoms with Crippen LogP contribution in [0.25, 0.3) is 10.9 Å². The van der Waals surface area contributed by atoms with E-state index in [1.165, 1.54) is 24.1 Å². The van der Waals surface area contributed by atoms with E-state index in [1.807, 2.05) is 10.8 Å². The second-order valence-electron chi connectivity index (χ2n) is 8.99. The van der Waals surface area contributed by atoms with Crippen LogP contribution < -0.4 is 14.9 Å². The first-order valence-corrected chi connectivity index (χ1v) is 13.5. The molecule has 0 radical (unpaired) electrons. The molecule has 206 valence electrons. The molecule has 0 bridgehead atoms. The SMILES string of the molecule is Cc1ccccc1S(=O)(=O)NC(=O)N[C@@H](CCc1cc(F)cc(F)c1)C(=O)N(C)c1ccc2cccnc2c1.[HH].[HH]. The zero-order chi connectivity index (χ0) is 28.2. The van der Waals surface area contributed by atoms with E-state index in [-0.39, 0.29) is 26.2 Å². The topological polar surface area (TPSA) is 108 Å². The van der Waals surface area contributed by atoms with Crippen molar-refractivity contribution in [1.29, 1.82) is 0 Å². The Bertz CT molecular complexity index is 1640. The molecule has 11 heteroatoms. The summed E-state index contributed by atoms with van der Waals surface area (Å²) >= 11 is 0. The van der Waals surface area contributed by atoms with Crippen LogP contribution >= 0.6 is 0 Å². The van der Waals surface area contributed by atoms with Crippen LogP contribution in [0.1, 0.15) is 20.4 Å². The molecule has 0 unspecified atom stereocenters. The number of nitrogens with zero attached hydrogens (tertiary/aromatic N) is 2. The van der Waals surface area contributed by atoms with Crippen LogP contribution in [0.2, 0.25) is 0 Å². The lowest BCUT2D eigenvalue weighted by Gasteiger charge is -2.25. The molecule has 4 rings (SSSR count). The largest absolute Gasteiger partial charge is 0.329 e. The summed E-state index contributed by atoms with van der Waals surface area (Å²) in [4.78, 5) is 31.8. The van der Waals surface area contributed by atoms with Crippen molar-refractivity contribution in [2.24, 2.45) is 0 Å². The van der Waals surface area contributed by atoms with Gasteiger partial charge in [0, 0.05) is 33.2 Å². The Balaban J connectivity index is 0.00000294. The molecule has 1 atom stereocenters. The molecule has 0 aliphatic carbocycles. The van der Waals surface area contributed by atoms with Crippen LogP contribution in [-0.4, -0.2) is 38.4 Å². The van der Waals surface area contributed by atoms with Gasteiger partial charge in [0.05, 0.1) is 10.4 Å². The number of sulfonamides is 1. The molecule has 0 aliphatic heterocycles. The number of likely N-dealkylation sites (N-methyl/N-ethyl adjacent to an activating group) is 1. The highest BCUT2D eigenvalue weighted by Gasteiger charge is 2.27. The number of hydrogen-bond acceptors (Lipinski definition) is 5. The lowest BCUT2D eigenvalue weighted by molar-refractivity contribution is -0.120. The van der Waals surface area contributed by atoms with Crippen molar-refractivity contribution in [2.45, 2.75) is 30.7 Å². The fourth-order valence-corrected chi connectivity index (χ4v) is 5.33. The number of pyridine rings is 1. The van der Waals surface area contributed by atoms with E-state index in [9.17, 15) is 26.8 Å². The van der Waals surface area contributed by atoms with Gasteiger partial charge in [0.2, 0.25) is 5.91 Å². The third-order valence-corrected chi connectivity index (χ3v) is 7.66. The Morgan fingerprint density at radius 3 is 2.44 bits per heavy atom. The smallest absolute Gasteiger partial charge is 0.325 e. The molecule has 39 heavy (non-hydrogen) atoms. The summed E-state index contributed by atoms with van der Waals surface area (Å²) in [5.74, 6) is -2.11. The Hall–Kier alpha value is -4.38. The molecule has 1 heterocycles. The molecule has 0 aliphatic rings. The third-order valence-electron chi connectivity index (χ3n) is 6.16. The maximum absolute atomic E-state index is 13.7. The van der Waals surface area contributed by atoms with Gasteiger partial charge in [0.1, 0.15) is 17.7 Å². The Morgan fingerprint density at radius 2 is 1.72 bits per heavy atom. The number of anilines is 1. The predicted octanol–water partition coefficient (Wildman–Crippen LogP) is 4.97. The standard InChI is InChI=1S/C28H26F2N4O4S.2H2/c1-18-6-3-4-8-26(18)39(37,38)33-28(36)32-24(12-9-19-14-21(29)16-22(30)15-19)27(35)34(2)23-11-10-20-7-5-13-31-25(20)17-23;;/h3-8,10-11,13-17,24H,9,12H2,1-2H3,(H2,32,33,36);2*1H/t24-;;/m0../s1. The van der Waals surface area contributed by atoms with E-state index >= 15 is 0 Å². The highest BCUT2D eigenvalue weighted by Crippen LogP contribution is 2.21. The highest BCUT2D eigenvalue weighted by atomic mass is 32.2. The molecule has 0 saturated heterocycles. The zero-order valence-corrected chi connectivity index (χ0v) is 22.0. The molecule has 0 fully saturated rings. The molecule has 3 aromatic carbocycles. The minimum atomic E-state index is -4.23. The molecule has 0 saturated carbocycles. The third kappa shape index (κ3) is 6.74. The average molecular weight is 557 g/mol. The van der Waals surface area contributed by atoms with Crippen molar-refractivity contribution in [3.63, 3.8) is 0 Å². The minimum Gasteiger partial charge on any atom is -0.325 e. The number of hydrogen-bond donors (Lipinski definition) is 2. The van der Waals surface area contributed by atoms with Crippen LogP contribution in [-0.2, 0) is 21.2 Å². The zero-order valence-electron chi connectivity index (χ0n) is 21.2. The summed E-state index contributed by atoms with van der Waals surface area (Å²) in [5, 5.41) is 3.29. The Kier molecular flexibility index (Phi) is 8.20. The molecular formula is C28H30F2N4O4S. The van der Waals surface area contributed by atoms with Gasteiger partial charge in [-0.1, -0.05) is 30.3 Å². The molecule has 1 aromatic heterocycles. The van der Waals surface area contributed by atoms with E-state index in [0.29, 0.717) is 16.8 Å². The van der Waals surface area contributed by atoms with Gasteiger partial charge in [-0.25, -0.2) is 26.7 Å². The van der Waals surface area contributed by atoms with Gasteiger partial charge in [-0.15, -0.1) is 0 Å². The van der Waals surface area contributed by atoms with Gasteiger partial charge in [-0.05, 0) is 67.3 Å². The number of halogens is 2. The van der Waals surface area contributed by atoms with Crippen molar-refractivity contribution in [3.05, 3.63) is 102 Å². The van der Waals surface area contributed by atoms with Crippen molar-refractivity contribution in [3.8, 4) is 0 Å². The van der Waals surface area contributed by atoms with E-state index < -0.39 is 39.6 Å². The highest BCUT2D eigenvalue weighted by molar-refractivity contribution is 7.90. The number of carbonyl (C=O) groups is 2. The van der Waals surface area contributed by atoms with Crippen molar-refractivity contribution in [1.82, 2.24) is 15.0 Å². The molecular weight excluding hydrogens is 526 g/mol. The maximum Gasteiger partial charge on any atom is 0.329 e. The first-order chi connectivity index (χ1) is 18.5. The lowest BCUT2D eigenvalue weighted by atomic mass is 10.0. The Morgan fingerprint density at radius 1 is 1.00 bits per heavy atom. The molecule has 4 aromatic rings. The van der Waals surface area contributed by atoms with Crippen LogP contribution in [0.5, 0.6) is 0 Å². The molecule has 8 nitrogen and oxygen atoms in total. The van der Waals surface area contributed by atoms with Gasteiger partial charge in [0.15, 0.2) is 0 Å². The number of urea groups is 1. The maximum atomic E-state index is 13.7.